The molecular formula is C12H10N2O3S3. The molecule has 3 rings (SSSR count). The van der Waals surface area contributed by atoms with Gasteiger partial charge in [0.15, 0.2) is 5.13 Å². The summed E-state index contributed by atoms with van der Waals surface area (Å²) < 4.78 is 33.0. The van der Waals surface area contributed by atoms with Crippen LogP contribution in [-0.2, 0) is 10.0 Å². The van der Waals surface area contributed by atoms with Crippen LogP contribution in [0.4, 0.5) is 5.13 Å². The van der Waals surface area contributed by atoms with Crippen molar-refractivity contribution in [3.05, 3.63) is 35.7 Å². The van der Waals surface area contributed by atoms with Crippen LogP contribution in [0, 0.1) is 0 Å². The van der Waals surface area contributed by atoms with E-state index in [1.807, 2.05) is 6.07 Å². The van der Waals surface area contributed by atoms with E-state index < -0.39 is 10.0 Å². The zero-order chi connectivity index (χ0) is 14.2. The molecule has 1 N–H and O–H groups in total. The van der Waals surface area contributed by atoms with Crippen molar-refractivity contribution < 1.29 is 13.2 Å². The van der Waals surface area contributed by atoms with Crippen LogP contribution in [0.5, 0.6) is 5.75 Å². The molecule has 0 saturated carbocycles. The average Bonchev–Trinajstić information content (AvgIpc) is 3.06. The lowest BCUT2D eigenvalue weighted by atomic mass is 10.3. The van der Waals surface area contributed by atoms with Crippen LogP contribution >= 0.6 is 22.7 Å². The van der Waals surface area contributed by atoms with E-state index in [0.717, 1.165) is 10.2 Å². The number of fused-ring (bicyclic) bond motifs is 1. The zero-order valence-electron chi connectivity index (χ0n) is 10.4. The van der Waals surface area contributed by atoms with Crippen molar-refractivity contribution in [3.8, 4) is 5.75 Å². The monoisotopic (exact) mass is 326 g/mol. The predicted octanol–water partition coefficient (Wildman–Crippen LogP) is 3.17. The Morgan fingerprint density at radius 1 is 1.30 bits per heavy atom. The molecule has 0 radical (unpaired) electrons. The molecule has 0 unspecified atom stereocenters. The molecule has 2 aromatic heterocycles. The number of anilines is 1. The van der Waals surface area contributed by atoms with Gasteiger partial charge in [0.05, 0.1) is 17.3 Å². The second-order valence-electron chi connectivity index (χ2n) is 3.89. The van der Waals surface area contributed by atoms with Gasteiger partial charge in [-0.1, -0.05) is 17.4 Å². The molecule has 0 aliphatic carbocycles. The first kappa shape index (κ1) is 13.3. The summed E-state index contributed by atoms with van der Waals surface area (Å²) >= 11 is 2.44. The van der Waals surface area contributed by atoms with Gasteiger partial charge in [0.2, 0.25) is 0 Å². The summed E-state index contributed by atoms with van der Waals surface area (Å²) in [6, 6.07) is 8.68. The van der Waals surface area contributed by atoms with Gasteiger partial charge in [-0.25, -0.2) is 13.4 Å². The van der Waals surface area contributed by atoms with Gasteiger partial charge in [0.25, 0.3) is 10.0 Å². The van der Waals surface area contributed by atoms with Gasteiger partial charge in [-0.15, -0.1) is 11.3 Å². The molecule has 0 saturated heterocycles. The number of rotatable bonds is 4. The second-order valence-corrected chi connectivity index (χ2v) is 7.78. The highest BCUT2D eigenvalue weighted by Crippen LogP contribution is 2.30. The van der Waals surface area contributed by atoms with Gasteiger partial charge in [-0.2, -0.15) is 0 Å². The van der Waals surface area contributed by atoms with Crippen LogP contribution in [-0.4, -0.2) is 20.5 Å². The Kier molecular flexibility index (Phi) is 3.36. The number of thiazole rings is 1. The fourth-order valence-corrected chi connectivity index (χ4v) is 4.78. The minimum atomic E-state index is -3.55. The van der Waals surface area contributed by atoms with E-state index in [9.17, 15) is 8.42 Å². The van der Waals surface area contributed by atoms with E-state index in [0.29, 0.717) is 10.9 Å². The Morgan fingerprint density at radius 3 is 2.85 bits per heavy atom. The standard InChI is InChI=1S/C12H10N2O3S3/c1-17-8-4-5-9-10(7-8)19-12(13-9)14-20(15,16)11-3-2-6-18-11/h2-7H,1H3,(H,13,14). The van der Waals surface area contributed by atoms with Crippen LogP contribution in [0.2, 0.25) is 0 Å². The summed E-state index contributed by atoms with van der Waals surface area (Å²) in [5, 5.41) is 2.07. The highest BCUT2D eigenvalue weighted by Gasteiger charge is 2.17. The summed E-state index contributed by atoms with van der Waals surface area (Å²) in [4.78, 5) is 4.26. The molecule has 2 heterocycles. The maximum absolute atomic E-state index is 12.1. The number of hydrogen-bond acceptors (Lipinski definition) is 6. The Hall–Kier alpha value is -1.64. The van der Waals surface area contributed by atoms with E-state index >= 15 is 0 Å². The molecule has 0 spiro atoms. The van der Waals surface area contributed by atoms with Crippen LogP contribution in [0.3, 0.4) is 0 Å². The van der Waals surface area contributed by atoms with E-state index in [-0.39, 0.29) is 4.21 Å². The first-order chi connectivity index (χ1) is 9.58. The first-order valence-corrected chi connectivity index (χ1v) is 8.77. The lowest BCUT2D eigenvalue weighted by molar-refractivity contribution is 0.415. The SMILES string of the molecule is COc1ccc2nc(NS(=O)(=O)c3cccs3)sc2c1. The molecule has 1 aromatic carbocycles. The Balaban J connectivity index is 1.95. The van der Waals surface area contributed by atoms with E-state index in [1.165, 1.54) is 22.7 Å². The minimum Gasteiger partial charge on any atom is -0.497 e. The summed E-state index contributed by atoms with van der Waals surface area (Å²) in [7, 11) is -1.96. The lowest BCUT2D eigenvalue weighted by Crippen LogP contribution is -2.10. The smallest absolute Gasteiger partial charge is 0.273 e. The fraction of sp³-hybridized carbons (Fsp3) is 0.0833. The minimum absolute atomic E-state index is 0.273. The van der Waals surface area contributed by atoms with Gasteiger partial charge < -0.3 is 4.74 Å². The molecule has 0 atom stereocenters. The number of thiophene rings is 1. The molecule has 0 aliphatic rings. The number of ether oxygens (including phenoxy) is 1. The van der Waals surface area contributed by atoms with Gasteiger partial charge in [-0.3, -0.25) is 4.72 Å². The van der Waals surface area contributed by atoms with Crippen LogP contribution in [0.25, 0.3) is 10.2 Å². The van der Waals surface area contributed by atoms with Crippen molar-refractivity contribution in [3.63, 3.8) is 0 Å². The number of hydrogen-bond donors (Lipinski definition) is 1. The predicted molar refractivity (Wildman–Crippen MR) is 81.3 cm³/mol. The number of nitrogens with zero attached hydrogens (tertiary/aromatic N) is 1. The lowest BCUT2D eigenvalue weighted by Gasteiger charge is -2.00. The third-order valence-electron chi connectivity index (χ3n) is 2.58. The third-order valence-corrected chi connectivity index (χ3v) is 6.38. The molecule has 0 fully saturated rings. The second kappa shape index (κ2) is 5.04. The molecule has 20 heavy (non-hydrogen) atoms. The molecule has 0 aliphatic heterocycles. The van der Waals surface area contributed by atoms with Crippen molar-refractivity contribution in [1.82, 2.24) is 4.98 Å². The first-order valence-electron chi connectivity index (χ1n) is 5.59. The van der Waals surface area contributed by atoms with Gasteiger partial charge >= 0.3 is 0 Å². The number of sulfonamides is 1. The highest BCUT2D eigenvalue weighted by atomic mass is 32.2. The number of nitrogens with one attached hydrogen (secondary N) is 1. The Bertz CT molecular complexity index is 838. The van der Waals surface area contributed by atoms with Crippen LogP contribution in [0.15, 0.2) is 39.9 Å². The summed E-state index contributed by atoms with van der Waals surface area (Å²) in [6.45, 7) is 0. The summed E-state index contributed by atoms with van der Waals surface area (Å²) in [5.74, 6) is 0.716. The van der Waals surface area contributed by atoms with Gasteiger partial charge in [0.1, 0.15) is 9.96 Å². The molecule has 0 bridgehead atoms. The molecule has 0 amide bonds. The van der Waals surface area contributed by atoms with Crippen LogP contribution in [0.1, 0.15) is 0 Å². The topological polar surface area (TPSA) is 68.3 Å². The third kappa shape index (κ3) is 2.49. The summed E-state index contributed by atoms with van der Waals surface area (Å²) in [5.41, 5.74) is 0.736. The highest BCUT2D eigenvalue weighted by molar-refractivity contribution is 7.94. The number of benzene rings is 1. The molecule has 104 valence electrons. The average molecular weight is 326 g/mol. The molecule has 8 heteroatoms. The largest absolute Gasteiger partial charge is 0.497 e. The van der Waals surface area contributed by atoms with E-state index in [2.05, 4.69) is 9.71 Å². The van der Waals surface area contributed by atoms with Crippen LogP contribution < -0.4 is 9.46 Å². The Morgan fingerprint density at radius 2 is 2.15 bits per heavy atom. The molecule has 5 nitrogen and oxygen atoms in total. The summed E-state index contributed by atoms with van der Waals surface area (Å²) in [6.07, 6.45) is 0. The van der Waals surface area contributed by atoms with Crippen molar-refractivity contribution >= 4 is 48.0 Å². The molecule has 3 aromatic rings. The number of aromatic nitrogens is 1. The van der Waals surface area contributed by atoms with E-state index in [4.69, 9.17) is 4.74 Å². The normalized spacial score (nSPS) is 11.7. The van der Waals surface area contributed by atoms with Crippen molar-refractivity contribution in [2.45, 2.75) is 4.21 Å². The molecular weight excluding hydrogens is 316 g/mol. The zero-order valence-corrected chi connectivity index (χ0v) is 12.8. The van der Waals surface area contributed by atoms with Crippen molar-refractivity contribution in [2.75, 3.05) is 11.8 Å². The van der Waals surface area contributed by atoms with Gasteiger partial charge in [-0.05, 0) is 29.6 Å². The van der Waals surface area contributed by atoms with Gasteiger partial charge in [0, 0.05) is 0 Å². The van der Waals surface area contributed by atoms with Crippen molar-refractivity contribution in [2.24, 2.45) is 0 Å². The fourth-order valence-electron chi connectivity index (χ4n) is 1.66. The van der Waals surface area contributed by atoms with Crippen molar-refractivity contribution in [1.29, 1.82) is 0 Å². The number of methoxy groups -OCH3 is 1. The van der Waals surface area contributed by atoms with E-state index in [1.54, 1.807) is 36.8 Å². The quantitative estimate of drug-likeness (QED) is 0.799. The maximum atomic E-state index is 12.1. The Labute approximate surface area is 123 Å². The maximum Gasteiger partial charge on any atom is 0.273 e.